The van der Waals surface area contributed by atoms with Crippen LogP contribution in [0, 0.1) is 0 Å². The summed E-state index contributed by atoms with van der Waals surface area (Å²) >= 11 is 0. The van der Waals surface area contributed by atoms with E-state index in [1.807, 2.05) is 54.5 Å². The average Bonchev–Trinajstić information content (AvgIpc) is 2.95. The molecule has 1 saturated heterocycles. The molecular formula is C19H23N3O. The minimum Gasteiger partial charge on any atom is -0.337 e. The monoisotopic (exact) mass is 309 g/mol. The molecule has 23 heavy (non-hydrogen) atoms. The SMILES string of the molecule is CN(CCc1ccccn1)C1CCN(Cc2ccccc2)C1=O. The van der Waals surface area contributed by atoms with Crippen LogP contribution < -0.4 is 0 Å². The molecule has 3 rings (SSSR count). The lowest BCUT2D eigenvalue weighted by Crippen LogP contribution is -2.40. The van der Waals surface area contributed by atoms with Crippen LogP contribution in [0.1, 0.15) is 17.7 Å². The number of nitrogens with zero attached hydrogens (tertiary/aromatic N) is 3. The van der Waals surface area contributed by atoms with Crippen molar-refractivity contribution in [2.24, 2.45) is 0 Å². The van der Waals surface area contributed by atoms with Gasteiger partial charge in [0.1, 0.15) is 0 Å². The molecule has 0 aliphatic carbocycles. The molecule has 1 fully saturated rings. The van der Waals surface area contributed by atoms with Crippen LogP contribution in [-0.2, 0) is 17.8 Å². The van der Waals surface area contributed by atoms with Crippen LogP contribution in [0.2, 0.25) is 0 Å². The van der Waals surface area contributed by atoms with Crippen LogP contribution in [0.25, 0.3) is 0 Å². The van der Waals surface area contributed by atoms with E-state index in [1.54, 1.807) is 0 Å². The molecule has 2 heterocycles. The van der Waals surface area contributed by atoms with Gasteiger partial charge in [0.15, 0.2) is 0 Å². The van der Waals surface area contributed by atoms with Crippen molar-refractivity contribution in [3.63, 3.8) is 0 Å². The lowest BCUT2D eigenvalue weighted by molar-refractivity contribution is -0.132. The quantitative estimate of drug-likeness (QED) is 0.822. The summed E-state index contributed by atoms with van der Waals surface area (Å²) in [5, 5.41) is 0. The van der Waals surface area contributed by atoms with Crippen LogP contribution in [0.15, 0.2) is 54.7 Å². The van der Waals surface area contributed by atoms with E-state index in [9.17, 15) is 4.79 Å². The predicted octanol–water partition coefficient (Wildman–Crippen LogP) is 2.36. The van der Waals surface area contributed by atoms with E-state index in [0.717, 1.165) is 31.6 Å². The van der Waals surface area contributed by atoms with Crippen molar-refractivity contribution in [3.8, 4) is 0 Å². The third-order valence-corrected chi connectivity index (χ3v) is 4.46. The van der Waals surface area contributed by atoms with Gasteiger partial charge in [-0.05, 0) is 31.2 Å². The maximum atomic E-state index is 12.6. The van der Waals surface area contributed by atoms with Gasteiger partial charge in [0.05, 0.1) is 6.04 Å². The third kappa shape index (κ3) is 3.96. The van der Waals surface area contributed by atoms with Crippen molar-refractivity contribution >= 4 is 5.91 Å². The summed E-state index contributed by atoms with van der Waals surface area (Å²) in [6.45, 7) is 2.41. The number of rotatable bonds is 6. The number of likely N-dealkylation sites (N-methyl/N-ethyl adjacent to an activating group) is 1. The fourth-order valence-electron chi connectivity index (χ4n) is 3.08. The number of carbonyl (C=O) groups excluding carboxylic acids is 1. The minimum absolute atomic E-state index is 0.00224. The van der Waals surface area contributed by atoms with Crippen molar-refractivity contribution in [1.29, 1.82) is 0 Å². The number of hydrogen-bond acceptors (Lipinski definition) is 3. The lowest BCUT2D eigenvalue weighted by atomic mass is 10.2. The molecule has 4 nitrogen and oxygen atoms in total. The number of benzene rings is 1. The Bertz CT molecular complexity index is 630. The standard InChI is InChI=1S/C19H23N3O/c1-21(13-10-17-9-5-6-12-20-17)18-11-14-22(19(18)23)15-16-7-3-2-4-8-16/h2-9,12,18H,10-11,13-15H2,1H3. The number of aromatic nitrogens is 1. The van der Waals surface area contributed by atoms with Gasteiger partial charge in [-0.25, -0.2) is 0 Å². The van der Waals surface area contributed by atoms with Gasteiger partial charge >= 0.3 is 0 Å². The van der Waals surface area contributed by atoms with Crippen LogP contribution in [0.4, 0.5) is 0 Å². The van der Waals surface area contributed by atoms with Gasteiger partial charge in [0.2, 0.25) is 5.91 Å². The number of amides is 1. The van der Waals surface area contributed by atoms with Gasteiger partial charge < -0.3 is 4.90 Å². The van der Waals surface area contributed by atoms with Crippen LogP contribution in [0.3, 0.4) is 0 Å². The Morgan fingerprint density at radius 1 is 1.17 bits per heavy atom. The smallest absolute Gasteiger partial charge is 0.240 e. The Morgan fingerprint density at radius 3 is 2.70 bits per heavy atom. The first-order valence-corrected chi connectivity index (χ1v) is 8.17. The fourth-order valence-corrected chi connectivity index (χ4v) is 3.08. The second-order valence-electron chi connectivity index (χ2n) is 6.10. The van der Waals surface area contributed by atoms with Gasteiger partial charge in [0, 0.05) is 37.9 Å². The Morgan fingerprint density at radius 2 is 1.96 bits per heavy atom. The molecule has 1 aliphatic rings. The number of hydrogen-bond donors (Lipinski definition) is 0. The molecule has 0 spiro atoms. The van der Waals surface area contributed by atoms with Crippen LogP contribution >= 0.6 is 0 Å². The molecule has 1 unspecified atom stereocenters. The zero-order valence-electron chi connectivity index (χ0n) is 13.6. The number of likely N-dealkylation sites (tertiary alicyclic amines) is 1. The highest BCUT2D eigenvalue weighted by atomic mass is 16.2. The van der Waals surface area contributed by atoms with E-state index in [0.29, 0.717) is 6.54 Å². The van der Waals surface area contributed by atoms with Gasteiger partial charge in [-0.15, -0.1) is 0 Å². The molecule has 2 aromatic rings. The van der Waals surface area contributed by atoms with Crippen LogP contribution in [0.5, 0.6) is 0 Å². The van der Waals surface area contributed by atoms with Gasteiger partial charge in [-0.1, -0.05) is 36.4 Å². The molecule has 1 atom stereocenters. The minimum atomic E-state index is 0.00224. The van der Waals surface area contributed by atoms with E-state index in [4.69, 9.17) is 0 Å². The molecule has 1 aliphatic heterocycles. The average molecular weight is 309 g/mol. The Hall–Kier alpha value is -2.20. The topological polar surface area (TPSA) is 36.4 Å². The second kappa shape index (κ2) is 7.38. The van der Waals surface area contributed by atoms with Gasteiger partial charge in [-0.2, -0.15) is 0 Å². The van der Waals surface area contributed by atoms with E-state index in [2.05, 4.69) is 22.0 Å². The molecule has 0 bridgehead atoms. The van der Waals surface area contributed by atoms with Crippen molar-refractivity contribution in [1.82, 2.24) is 14.8 Å². The molecule has 1 aromatic heterocycles. The first-order valence-electron chi connectivity index (χ1n) is 8.17. The van der Waals surface area contributed by atoms with Crippen molar-refractivity contribution in [2.45, 2.75) is 25.4 Å². The number of carbonyl (C=O) groups is 1. The summed E-state index contributed by atoms with van der Waals surface area (Å²) in [6.07, 6.45) is 3.60. The van der Waals surface area contributed by atoms with Crippen LogP contribution in [-0.4, -0.2) is 46.9 Å². The lowest BCUT2D eigenvalue weighted by Gasteiger charge is -2.23. The summed E-state index contributed by atoms with van der Waals surface area (Å²) in [4.78, 5) is 21.1. The zero-order valence-corrected chi connectivity index (χ0v) is 13.6. The van der Waals surface area contributed by atoms with E-state index >= 15 is 0 Å². The summed E-state index contributed by atoms with van der Waals surface area (Å²) in [5.41, 5.74) is 2.27. The Kier molecular flexibility index (Phi) is 5.03. The largest absolute Gasteiger partial charge is 0.337 e. The second-order valence-corrected chi connectivity index (χ2v) is 6.10. The van der Waals surface area contributed by atoms with Gasteiger partial charge in [0.25, 0.3) is 0 Å². The molecule has 1 amide bonds. The summed E-state index contributed by atoms with van der Waals surface area (Å²) in [5.74, 6) is 0.248. The Balaban J connectivity index is 1.53. The molecule has 120 valence electrons. The van der Waals surface area contributed by atoms with Crippen molar-refractivity contribution in [2.75, 3.05) is 20.1 Å². The Labute approximate surface area is 137 Å². The summed E-state index contributed by atoms with van der Waals surface area (Å²) in [6, 6.07) is 16.2. The first-order chi connectivity index (χ1) is 11.2. The first kappa shape index (κ1) is 15.7. The summed E-state index contributed by atoms with van der Waals surface area (Å²) in [7, 11) is 2.04. The highest BCUT2D eigenvalue weighted by Gasteiger charge is 2.33. The van der Waals surface area contributed by atoms with Crippen molar-refractivity contribution in [3.05, 3.63) is 66.0 Å². The third-order valence-electron chi connectivity index (χ3n) is 4.46. The molecule has 1 aromatic carbocycles. The zero-order chi connectivity index (χ0) is 16.1. The van der Waals surface area contributed by atoms with E-state index < -0.39 is 0 Å². The fraction of sp³-hybridized carbons (Fsp3) is 0.368. The van der Waals surface area contributed by atoms with E-state index in [-0.39, 0.29) is 11.9 Å². The molecule has 4 heteroatoms. The highest BCUT2D eigenvalue weighted by Crippen LogP contribution is 2.19. The van der Waals surface area contributed by atoms with Crippen molar-refractivity contribution < 1.29 is 4.79 Å². The summed E-state index contributed by atoms with van der Waals surface area (Å²) < 4.78 is 0. The normalized spacial score (nSPS) is 17.9. The molecule has 0 saturated carbocycles. The maximum absolute atomic E-state index is 12.6. The number of pyridine rings is 1. The molecule has 0 radical (unpaired) electrons. The van der Waals surface area contributed by atoms with Gasteiger partial charge in [-0.3, -0.25) is 14.7 Å². The predicted molar refractivity (Wildman–Crippen MR) is 90.8 cm³/mol. The molecule has 0 N–H and O–H groups in total. The highest BCUT2D eigenvalue weighted by molar-refractivity contribution is 5.83. The molecular weight excluding hydrogens is 286 g/mol. The maximum Gasteiger partial charge on any atom is 0.240 e. The van der Waals surface area contributed by atoms with E-state index in [1.165, 1.54) is 5.56 Å².